The molecule has 1 heterocycles. The van der Waals surface area contributed by atoms with E-state index in [0.717, 1.165) is 22.0 Å². The van der Waals surface area contributed by atoms with Crippen LogP contribution in [0.25, 0.3) is 10.9 Å². The van der Waals surface area contributed by atoms with Crippen molar-refractivity contribution in [1.82, 2.24) is 4.57 Å². The summed E-state index contributed by atoms with van der Waals surface area (Å²) in [4.78, 5) is 12.5. The van der Waals surface area contributed by atoms with Gasteiger partial charge in [0.15, 0.2) is 5.78 Å². The number of nitrogens with zero attached hydrogens (tertiary/aromatic N) is 1. The van der Waals surface area contributed by atoms with Crippen molar-refractivity contribution in [2.75, 3.05) is 0 Å². The van der Waals surface area contributed by atoms with E-state index in [2.05, 4.69) is 13.0 Å². The van der Waals surface area contributed by atoms with Gasteiger partial charge in [0.1, 0.15) is 0 Å². The predicted molar refractivity (Wildman–Crippen MR) is 77.5 cm³/mol. The van der Waals surface area contributed by atoms with Crippen molar-refractivity contribution in [1.29, 1.82) is 0 Å². The number of rotatable bonds is 2. The first-order valence-electron chi connectivity index (χ1n) is 6.32. The fourth-order valence-electron chi connectivity index (χ4n) is 2.42. The lowest BCUT2D eigenvalue weighted by molar-refractivity contribution is 0.104. The molecule has 3 rings (SSSR count). The third-order valence-electron chi connectivity index (χ3n) is 3.43. The first-order valence-corrected chi connectivity index (χ1v) is 6.32. The Morgan fingerprint density at radius 2 is 1.79 bits per heavy atom. The van der Waals surface area contributed by atoms with E-state index >= 15 is 0 Å². The molecule has 0 aliphatic carbocycles. The minimum atomic E-state index is 0.0788. The molecule has 94 valence electrons. The van der Waals surface area contributed by atoms with Gasteiger partial charge in [-0.1, -0.05) is 42.5 Å². The maximum Gasteiger partial charge on any atom is 0.195 e. The summed E-state index contributed by atoms with van der Waals surface area (Å²) in [6.07, 6.45) is 1.92. The summed E-state index contributed by atoms with van der Waals surface area (Å²) in [5.41, 5.74) is 3.80. The third kappa shape index (κ3) is 1.95. The number of carbonyl (C=O) groups is 1. The maximum atomic E-state index is 12.5. The number of ketones is 1. The molecule has 0 saturated carbocycles. The highest BCUT2D eigenvalue weighted by molar-refractivity contribution is 6.16. The van der Waals surface area contributed by atoms with Gasteiger partial charge in [-0.15, -0.1) is 0 Å². The van der Waals surface area contributed by atoms with Crippen molar-refractivity contribution in [2.45, 2.75) is 6.92 Å². The fourth-order valence-corrected chi connectivity index (χ4v) is 2.42. The molecule has 2 nitrogen and oxygen atoms in total. The summed E-state index contributed by atoms with van der Waals surface area (Å²) in [6.45, 7) is 2.06. The molecule has 0 amide bonds. The second kappa shape index (κ2) is 4.39. The molecule has 0 radical (unpaired) electrons. The lowest BCUT2D eigenvalue weighted by atomic mass is 10.0. The van der Waals surface area contributed by atoms with E-state index in [0.29, 0.717) is 0 Å². The predicted octanol–water partition coefficient (Wildman–Crippen LogP) is 3.72. The molecular formula is C17H15NO. The van der Waals surface area contributed by atoms with Crippen LogP contribution in [-0.2, 0) is 7.05 Å². The molecule has 2 heteroatoms. The van der Waals surface area contributed by atoms with E-state index in [9.17, 15) is 4.79 Å². The van der Waals surface area contributed by atoms with Crippen LogP contribution in [0.4, 0.5) is 0 Å². The Labute approximate surface area is 112 Å². The molecule has 0 bridgehead atoms. The van der Waals surface area contributed by atoms with Gasteiger partial charge in [0.05, 0.1) is 0 Å². The SMILES string of the molecule is Cc1ccc2c(C(=O)c3ccccc3)cn(C)c2c1. The standard InChI is InChI=1S/C17H15NO/c1-12-8-9-14-15(11-18(2)16(14)10-12)17(19)13-6-4-3-5-7-13/h3-11H,1-2H3. The van der Waals surface area contributed by atoms with Gasteiger partial charge in [-0.05, 0) is 18.6 Å². The van der Waals surface area contributed by atoms with Gasteiger partial charge in [-0.2, -0.15) is 0 Å². The van der Waals surface area contributed by atoms with Crippen molar-refractivity contribution in [2.24, 2.45) is 7.05 Å². The zero-order valence-electron chi connectivity index (χ0n) is 11.1. The largest absolute Gasteiger partial charge is 0.350 e. The third-order valence-corrected chi connectivity index (χ3v) is 3.43. The molecule has 2 aromatic carbocycles. The molecule has 0 saturated heterocycles. The quantitative estimate of drug-likeness (QED) is 0.634. The summed E-state index contributed by atoms with van der Waals surface area (Å²) >= 11 is 0. The van der Waals surface area contributed by atoms with E-state index in [1.165, 1.54) is 5.56 Å². The van der Waals surface area contributed by atoms with Crippen LogP contribution in [0, 0.1) is 6.92 Å². The summed E-state index contributed by atoms with van der Waals surface area (Å²) in [6, 6.07) is 15.6. The minimum absolute atomic E-state index is 0.0788. The summed E-state index contributed by atoms with van der Waals surface area (Å²) in [5.74, 6) is 0.0788. The first-order chi connectivity index (χ1) is 9.16. The van der Waals surface area contributed by atoms with Crippen molar-refractivity contribution in [3.05, 3.63) is 71.4 Å². The number of hydrogen-bond donors (Lipinski definition) is 0. The monoisotopic (exact) mass is 249 g/mol. The zero-order valence-corrected chi connectivity index (χ0v) is 11.1. The van der Waals surface area contributed by atoms with E-state index in [4.69, 9.17) is 0 Å². The van der Waals surface area contributed by atoms with Crippen LogP contribution in [0.15, 0.2) is 54.7 Å². The number of carbonyl (C=O) groups excluding carboxylic acids is 1. The van der Waals surface area contributed by atoms with Crippen LogP contribution in [-0.4, -0.2) is 10.4 Å². The Morgan fingerprint density at radius 3 is 2.53 bits per heavy atom. The van der Waals surface area contributed by atoms with Crippen molar-refractivity contribution >= 4 is 16.7 Å². The van der Waals surface area contributed by atoms with Gasteiger partial charge in [0.2, 0.25) is 0 Å². The van der Waals surface area contributed by atoms with Gasteiger partial charge in [-0.3, -0.25) is 4.79 Å². The molecule has 0 fully saturated rings. The topological polar surface area (TPSA) is 22.0 Å². The van der Waals surface area contributed by atoms with Gasteiger partial charge in [0.25, 0.3) is 0 Å². The number of benzene rings is 2. The molecule has 1 aromatic heterocycles. The molecule has 0 aliphatic rings. The molecule has 19 heavy (non-hydrogen) atoms. The first kappa shape index (κ1) is 11.7. The molecule has 3 aromatic rings. The average molecular weight is 249 g/mol. The van der Waals surface area contributed by atoms with E-state index in [1.807, 2.05) is 60.3 Å². The van der Waals surface area contributed by atoms with Crippen LogP contribution in [0.1, 0.15) is 21.5 Å². The highest BCUT2D eigenvalue weighted by atomic mass is 16.1. The Hall–Kier alpha value is -2.35. The van der Waals surface area contributed by atoms with Crippen molar-refractivity contribution in [3.8, 4) is 0 Å². The Morgan fingerprint density at radius 1 is 1.05 bits per heavy atom. The highest BCUT2D eigenvalue weighted by Crippen LogP contribution is 2.24. The summed E-state index contributed by atoms with van der Waals surface area (Å²) in [5, 5.41) is 1.02. The number of aryl methyl sites for hydroxylation is 2. The smallest absolute Gasteiger partial charge is 0.195 e. The number of aromatic nitrogens is 1. The van der Waals surface area contributed by atoms with Crippen LogP contribution in [0.3, 0.4) is 0 Å². The van der Waals surface area contributed by atoms with Crippen LogP contribution in [0.2, 0.25) is 0 Å². The number of fused-ring (bicyclic) bond motifs is 1. The van der Waals surface area contributed by atoms with E-state index < -0.39 is 0 Å². The molecule has 0 spiro atoms. The van der Waals surface area contributed by atoms with Crippen LogP contribution < -0.4 is 0 Å². The Balaban J connectivity index is 2.19. The highest BCUT2D eigenvalue weighted by Gasteiger charge is 2.15. The van der Waals surface area contributed by atoms with Gasteiger partial charge in [0, 0.05) is 35.3 Å². The normalized spacial score (nSPS) is 10.8. The lowest BCUT2D eigenvalue weighted by Crippen LogP contribution is -1.99. The Bertz CT molecular complexity index is 754. The lowest BCUT2D eigenvalue weighted by Gasteiger charge is -2.00. The van der Waals surface area contributed by atoms with E-state index in [-0.39, 0.29) is 5.78 Å². The maximum absolute atomic E-state index is 12.5. The van der Waals surface area contributed by atoms with Crippen molar-refractivity contribution in [3.63, 3.8) is 0 Å². The second-order valence-electron chi connectivity index (χ2n) is 4.87. The summed E-state index contributed by atoms with van der Waals surface area (Å²) < 4.78 is 2.01. The summed E-state index contributed by atoms with van der Waals surface area (Å²) in [7, 11) is 1.98. The fraction of sp³-hybridized carbons (Fsp3) is 0.118. The number of hydrogen-bond acceptors (Lipinski definition) is 1. The molecule has 0 atom stereocenters. The molecule has 0 N–H and O–H groups in total. The van der Waals surface area contributed by atoms with Gasteiger partial charge < -0.3 is 4.57 Å². The molecular weight excluding hydrogens is 234 g/mol. The van der Waals surface area contributed by atoms with Gasteiger partial charge in [-0.25, -0.2) is 0 Å². The minimum Gasteiger partial charge on any atom is -0.350 e. The Kier molecular flexibility index (Phi) is 2.71. The van der Waals surface area contributed by atoms with Crippen LogP contribution in [0.5, 0.6) is 0 Å². The van der Waals surface area contributed by atoms with Crippen molar-refractivity contribution < 1.29 is 4.79 Å². The van der Waals surface area contributed by atoms with E-state index in [1.54, 1.807) is 0 Å². The average Bonchev–Trinajstić information content (AvgIpc) is 2.76. The molecule has 0 aliphatic heterocycles. The molecule has 0 unspecified atom stereocenters. The van der Waals surface area contributed by atoms with Crippen LogP contribution >= 0.6 is 0 Å². The zero-order chi connectivity index (χ0) is 13.4. The van der Waals surface area contributed by atoms with Gasteiger partial charge >= 0.3 is 0 Å². The second-order valence-corrected chi connectivity index (χ2v) is 4.87.